The molecule has 1 aromatic heterocycles. The average Bonchev–Trinajstić information content (AvgIpc) is 2.92. The van der Waals surface area contributed by atoms with Crippen molar-refractivity contribution in [2.24, 2.45) is 0 Å². The largest absolute Gasteiger partial charge is 0.478 e. The van der Waals surface area contributed by atoms with E-state index in [1.54, 1.807) is 18.5 Å². The molecule has 0 spiro atoms. The molecule has 2 N–H and O–H groups in total. The molecule has 0 fully saturated rings. The van der Waals surface area contributed by atoms with Gasteiger partial charge in [-0.2, -0.15) is 5.10 Å². The van der Waals surface area contributed by atoms with Crippen molar-refractivity contribution in [3.63, 3.8) is 0 Å². The first kappa shape index (κ1) is 11.8. The molecular formula is C14H15N3O2. The van der Waals surface area contributed by atoms with Gasteiger partial charge in [-0.05, 0) is 44.0 Å². The average molecular weight is 257 g/mol. The predicted octanol–water partition coefficient (Wildman–Crippen LogP) is 2.16. The molecule has 5 nitrogen and oxygen atoms in total. The summed E-state index contributed by atoms with van der Waals surface area (Å²) < 4.78 is 1.71. The van der Waals surface area contributed by atoms with Crippen LogP contribution in [0.15, 0.2) is 18.2 Å². The molecular weight excluding hydrogens is 242 g/mol. The molecule has 0 atom stereocenters. The van der Waals surface area contributed by atoms with E-state index >= 15 is 0 Å². The van der Waals surface area contributed by atoms with Crippen LogP contribution in [-0.2, 0) is 6.42 Å². The fourth-order valence-corrected chi connectivity index (χ4v) is 2.63. The van der Waals surface area contributed by atoms with Crippen LogP contribution in [0.5, 0.6) is 0 Å². The zero-order valence-corrected chi connectivity index (χ0v) is 10.9. The minimum atomic E-state index is -0.927. The van der Waals surface area contributed by atoms with Crippen molar-refractivity contribution in [1.82, 2.24) is 9.78 Å². The minimum absolute atomic E-state index is 0.290. The third kappa shape index (κ3) is 1.78. The van der Waals surface area contributed by atoms with Crippen molar-refractivity contribution in [3.05, 3.63) is 40.7 Å². The van der Waals surface area contributed by atoms with Gasteiger partial charge in [0.1, 0.15) is 5.56 Å². The summed E-state index contributed by atoms with van der Waals surface area (Å²) in [4.78, 5) is 11.2. The van der Waals surface area contributed by atoms with Gasteiger partial charge in [0.25, 0.3) is 0 Å². The number of anilines is 1. The Morgan fingerprint density at radius 3 is 2.89 bits per heavy atom. The smallest absolute Gasteiger partial charge is 0.339 e. The van der Waals surface area contributed by atoms with Crippen molar-refractivity contribution in [3.8, 4) is 5.69 Å². The van der Waals surface area contributed by atoms with E-state index < -0.39 is 5.97 Å². The molecule has 0 aliphatic carbocycles. The first-order chi connectivity index (χ1) is 9.08. The minimum Gasteiger partial charge on any atom is -0.478 e. The number of aromatic nitrogens is 2. The Morgan fingerprint density at radius 1 is 1.42 bits per heavy atom. The van der Waals surface area contributed by atoms with Crippen molar-refractivity contribution in [1.29, 1.82) is 0 Å². The second kappa shape index (κ2) is 4.12. The lowest BCUT2D eigenvalue weighted by Crippen LogP contribution is -2.03. The van der Waals surface area contributed by atoms with Gasteiger partial charge in [0.15, 0.2) is 0 Å². The molecule has 2 heterocycles. The number of nitrogens with one attached hydrogen (secondary N) is 1. The fourth-order valence-electron chi connectivity index (χ4n) is 2.63. The lowest BCUT2D eigenvalue weighted by molar-refractivity contribution is 0.0695. The summed E-state index contributed by atoms with van der Waals surface area (Å²) in [7, 11) is 0. The van der Waals surface area contributed by atoms with Crippen LogP contribution >= 0.6 is 0 Å². The van der Waals surface area contributed by atoms with Crippen LogP contribution in [0, 0.1) is 13.8 Å². The molecule has 1 aliphatic rings. The molecule has 3 rings (SSSR count). The Kier molecular flexibility index (Phi) is 2.55. The fraction of sp³-hybridized carbons (Fsp3) is 0.286. The normalized spacial score (nSPS) is 13.2. The summed E-state index contributed by atoms with van der Waals surface area (Å²) in [6.45, 7) is 4.47. The third-order valence-electron chi connectivity index (χ3n) is 3.55. The molecule has 0 unspecified atom stereocenters. The van der Waals surface area contributed by atoms with Gasteiger partial charge in [-0.15, -0.1) is 0 Å². The van der Waals surface area contributed by atoms with Crippen LogP contribution < -0.4 is 5.32 Å². The van der Waals surface area contributed by atoms with Gasteiger partial charge in [0, 0.05) is 12.2 Å². The number of fused-ring (bicyclic) bond motifs is 1. The number of carboxylic acids is 1. The standard InChI is InChI=1S/C14H15N3O2/c1-8-13(14(18)19)9(2)17(16-8)11-3-4-12-10(7-11)5-6-15-12/h3-4,7,15H,5-6H2,1-2H3,(H,18,19). The first-order valence-electron chi connectivity index (χ1n) is 6.24. The molecule has 0 bridgehead atoms. The maximum absolute atomic E-state index is 11.2. The maximum atomic E-state index is 11.2. The summed E-state index contributed by atoms with van der Waals surface area (Å²) in [6, 6.07) is 6.05. The summed E-state index contributed by atoms with van der Waals surface area (Å²) in [5.74, 6) is -0.927. The molecule has 2 aromatic rings. The van der Waals surface area contributed by atoms with E-state index in [0.29, 0.717) is 17.0 Å². The van der Waals surface area contributed by atoms with E-state index in [-0.39, 0.29) is 0 Å². The quantitative estimate of drug-likeness (QED) is 0.865. The van der Waals surface area contributed by atoms with Crippen LogP contribution in [0.25, 0.3) is 5.69 Å². The van der Waals surface area contributed by atoms with Crippen molar-refractivity contribution >= 4 is 11.7 Å². The molecule has 5 heteroatoms. The lowest BCUT2D eigenvalue weighted by Gasteiger charge is -2.07. The van der Waals surface area contributed by atoms with Gasteiger partial charge in [-0.1, -0.05) is 0 Å². The monoisotopic (exact) mass is 257 g/mol. The number of nitrogens with zero attached hydrogens (tertiary/aromatic N) is 2. The van der Waals surface area contributed by atoms with E-state index in [1.165, 1.54) is 5.56 Å². The molecule has 1 aromatic carbocycles. The maximum Gasteiger partial charge on any atom is 0.339 e. The number of hydrogen-bond acceptors (Lipinski definition) is 3. The Balaban J connectivity index is 2.12. The van der Waals surface area contributed by atoms with Crippen molar-refractivity contribution < 1.29 is 9.90 Å². The van der Waals surface area contributed by atoms with Crippen LogP contribution in [-0.4, -0.2) is 27.4 Å². The van der Waals surface area contributed by atoms with E-state index in [1.807, 2.05) is 12.1 Å². The number of benzene rings is 1. The van der Waals surface area contributed by atoms with Gasteiger partial charge in [0.05, 0.1) is 17.1 Å². The van der Waals surface area contributed by atoms with Gasteiger partial charge in [-0.25, -0.2) is 9.48 Å². The Bertz CT molecular complexity index is 674. The summed E-state index contributed by atoms with van der Waals surface area (Å²) in [5.41, 5.74) is 4.82. The van der Waals surface area contributed by atoms with Crippen LogP contribution in [0.1, 0.15) is 27.3 Å². The highest BCUT2D eigenvalue weighted by molar-refractivity contribution is 5.90. The molecule has 0 saturated carbocycles. The predicted molar refractivity (Wildman–Crippen MR) is 72.2 cm³/mol. The van der Waals surface area contributed by atoms with Crippen LogP contribution in [0.2, 0.25) is 0 Å². The van der Waals surface area contributed by atoms with E-state index in [0.717, 1.165) is 24.3 Å². The highest BCUT2D eigenvalue weighted by Gasteiger charge is 2.19. The SMILES string of the molecule is Cc1nn(-c2ccc3c(c2)CCN3)c(C)c1C(=O)O. The van der Waals surface area contributed by atoms with Crippen molar-refractivity contribution in [2.75, 3.05) is 11.9 Å². The molecule has 0 radical (unpaired) electrons. The van der Waals surface area contributed by atoms with Gasteiger partial charge >= 0.3 is 5.97 Å². The Labute approximate surface area is 110 Å². The zero-order chi connectivity index (χ0) is 13.6. The zero-order valence-electron chi connectivity index (χ0n) is 10.9. The second-order valence-electron chi connectivity index (χ2n) is 4.78. The highest BCUT2D eigenvalue weighted by atomic mass is 16.4. The number of carbonyl (C=O) groups is 1. The lowest BCUT2D eigenvalue weighted by atomic mass is 10.1. The van der Waals surface area contributed by atoms with Crippen LogP contribution in [0.4, 0.5) is 5.69 Å². The Morgan fingerprint density at radius 2 is 2.21 bits per heavy atom. The third-order valence-corrected chi connectivity index (χ3v) is 3.55. The van der Waals surface area contributed by atoms with E-state index in [4.69, 9.17) is 0 Å². The number of aromatic carboxylic acids is 1. The molecule has 0 amide bonds. The van der Waals surface area contributed by atoms with Crippen molar-refractivity contribution in [2.45, 2.75) is 20.3 Å². The first-order valence-corrected chi connectivity index (χ1v) is 6.24. The van der Waals surface area contributed by atoms with Crippen LogP contribution in [0.3, 0.4) is 0 Å². The molecule has 0 saturated heterocycles. The van der Waals surface area contributed by atoms with Gasteiger partial charge in [-0.3, -0.25) is 0 Å². The number of aryl methyl sites for hydroxylation is 1. The van der Waals surface area contributed by atoms with E-state index in [2.05, 4.69) is 16.5 Å². The second-order valence-corrected chi connectivity index (χ2v) is 4.78. The van der Waals surface area contributed by atoms with E-state index in [9.17, 15) is 9.90 Å². The molecule has 98 valence electrons. The number of rotatable bonds is 2. The molecule has 1 aliphatic heterocycles. The molecule has 19 heavy (non-hydrogen) atoms. The van der Waals surface area contributed by atoms with Gasteiger partial charge < -0.3 is 10.4 Å². The highest BCUT2D eigenvalue weighted by Crippen LogP contribution is 2.26. The number of hydrogen-bond donors (Lipinski definition) is 2. The van der Waals surface area contributed by atoms with Gasteiger partial charge in [0.2, 0.25) is 0 Å². The Hall–Kier alpha value is -2.30. The summed E-state index contributed by atoms with van der Waals surface area (Å²) in [5, 5.41) is 16.8. The number of carboxylic acid groups (broad SMARTS) is 1. The summed E-state index contributed by atoms with van der Waals surface area (Å²) >= 11 is 0. The topological polar surface area (TPSA) is 67.2 Å². The summed E-state index contributed by atoms with van der Waals surface area (Å²) in [6.07, 6.45) is 0.994.